The van der Waals surface area contributed by atoms with Gasteiger partial charge in [0.15, 0.2) is 0 Å². The van der Waals surface area contributed by atoms with Gasteiger partial charge in [-0.15, -0.1) is 6.58 Å². The first kappa shape index (κ1) is 11.3. The highest BCUT2D eigenvalue weighted by molar-refractivity contribution is 6.30. The molecule has 0 aliphatic heterocycles. The maximum Gasteiger partial charge on any atom is 0.0409 e. The summed E-state index contributed by atoms with van der Waals surface area (Å²) < 4.78 is 0. The fourth-order valence-corrected chi connectivity index (χ4v) is 1.66. The third-order valence-corrected chi connectivity index (χ3v) is 2.39. The van der Waals surface area contributed by atoms with E-state index in [1.165, 1.54) is 11.1 Å². The van der Waals surface area contributed by atoms with Crippen molar-refractivity contribution >= 4 is 11.6 Å². The van der Waals surface area contributed by atoms with Crippen LogP contribution in [0.15, 0.2) is 36.4 Å². The highest BCUT2D eigenvalue weighted by atomic mass is 35.5. The van der Waals surface area contributed by atoms with Crippen molar-refractivity contribution in [3.63, 3.8) is 0 Å². The molecule has 2 heteroatoms. The van der Waals surface area contributed by atoms with Crippen LogP contribution in [-0.2, 0) is 0 Å². The zero-order chi connectivity index (χ0) is 10.6. The Morgan fingerprint density at radius 1 is 1.57 bits per heavy atom. The van der Waals surface area contributed by atoms with Crippen LogP contribution in [0.3, 0.4) is 0 Å². The topological polar surface area (TPSA) is 12.0 Å². The summed E-state index contributed by atoms with van der Waals surface area (Å²) in [5, 5.41) is 4.04. The van der Waals surface area contributed by atoms with Gasteiger partial charge in [-0.05, 0) is 38.1 Å². The maximum atomic E-state index is 5.93. The molecule has 0 bridgehead atoms. The summed E-state index contributed by atoms with van der Waals surface area (Å²) >= 11 is 5.93. The SMILES string of the molecule is C=C(C)CC(NC)c1cccc(Cl)c1. The van der Waals surface area contributed by atoms with E-state index in [-0.39, 0.29) is 0 Å². The van der Waals surface area contributed by atoms with Gasteiger partial charge >= 0.3 is 0 Å². The Balaban J connectivity index is 2.83. The van der Waals surface area contributed by atoms with Gasteiger partial charge in [-0.1, -0.05) is 29.3 Å². The molecule has 76 valence electrons. The van der Waals surface area contributed by atoms with E-state index in [9.17, 15) is 0 Å². The molecule has 1 N–H and O–H groups in total. The highest BCUT2D eigenvalue weighted by Crippen LogP contribution is 2.22. The second-order valence-corrected chi connectivity index (χ2v) is 3.99. The zero-order valence-corrected chi connectivity index (χ0v) is 9.43. The summed E-state index contributed by atoms with van der Waals surface area (Å²) in [5.74, 6) is 0. The molecule has 0 saturated heterocycles. The van der Waals surface area contributed by atoms with E-state index in [1.807, 2.05) is 32.2 Å². The Morgan fingerprint density at radius 3 is 2.79 bits per heavy atom. The van der Waals surface area contributed by atoms with Gasteiger partial charge in [0.2, 0.25) is 0 Å². The zero-order valence-electron chi connectivity index (χ0n) is 8.68. The van der Waals surface area contributed by atoms with Crippen LogP contribution in [0.2, 0.25) is 5.02 Å². The van der Waals surface area contributed by atoms with Gasteiger partial charge in [0.05, 0.1) is 0 Å². The average molecular weight is 210 g/mol. The van der Waals surface area contributed by atoms with Gasteiger partial charge in [0.1, 0.15) is 0 Å². The second-order valence-electron chi connectivity index (χ2n) is 3.56. The van der Waals surface area contributed by atoms with Crippen molar-refractivity contribution in [2.45, 2.75) is 19.4 Å². The Hall–Kier alpha value is -0.790. The van der Waals surface area contributed by atoms with Crippen LogP contribution < -0.4 is 5.32 Å². The van der Waals surface area contributed by atoms with E-state index < -0.39 is 0 Å². The molecule has 1 aromatic carbocycles. The van der Waals surface area contributed by atoms with Crippen molar-refractivity contribution in [2.24, 2.45) is 0 Å². The molecule has 0 saturated carbocycles. The Labute approximate surface area is 90.8 Å². The normalized spacial score (nSPS) is 12.5. The molecule has 1 aromatic rings. The predicted molar refractivity (Wildman–Crippen MR) is 62.7 cm³/mol. The number of hydrogen-bond acceptors (Lipinski definition) is 1. The predicted octanol–water partition coefficient (Wildman–Crippen LogP) is 3.57. The maximum absolute atomic E-state index is 5.93. The van der Waals surface area contributed by atoms with Gasteiger partial charge in [-0.3, -0.25) is 0 Å². The first-order valence-electron chi connectivity index (χ1n) is 4.70. The molecule has 1 nitrogen and oxygen atoms in total. The van der Waals surface area contributed by atoms with Gasteiger partial charge in [-0.25, -0.2) is 0 Å². The van der Waals surface area contributed by atoms with Crippen LogP contribution in [0.25, 0.3) is 0 Å². The monoisotopic (exact) mass is 209 g/mol. The van der Waals surface area contributed by atoms with Gasteiger partial charge in [0, 0.05) is 11.1 Å². The molecule has 0 aliphatic rings. The first-order valence-corrected chi connectivity index (χ1v) is 5.08. The molecular weight excluding hydrogens is 194 g/mol. The molecule has 0 heterocycles. The number of halogens is 1. The van der Waals surface area contributed by atoms with Crippen LogP contribution in [-0.4, -0.2) is 7.05 Å². The Kier molecular flexibility index (Phi) is 4.18. The van der Waals surface area contributed by atoms with Crippen LogP contribution in [0.4, 0.5) is 0 Å². The summed E-state index contributed by atoms with van der Waals surface area (Å²) in [6, 6.07) is 8.24. The minimum absolute atomic E-state index is 0.311. The lowest BCUT2D eigenvalue weighted by atomic mass is 10.0. The molecule has 1 rings (SSSR count). The lowest BCUT2D eigenvalue weighted by Crippen LogP contribution is -2.16. The summed E-state index contributed by atoms with van der Waals surface area (Å²) in [7, 11) is 1.95. The van der Waals surface area contributed by atoms with Crippen LogP contribution in [0.1, 0.15) is 24.9 Å². The summed E-state index contributed by atoms with van der Waals surface area (Å²) in [6.07, 6.45) is 0.941. The van der Waals surface area contributed by atoms with E-state index in [0.29, 0.717) is 6.04 Å². The van der Waals surface area contributed by atoms with Crippen LogP contribution >= 0.6 is 11.6 Å². The lowest BCUT2D eigenvalue weighted by Gasteiger charge is -2.16. The number of rotatable bonds is 4. The standard InChI is InChI=1S/C12H16ClN/c1-9(2)7-12(14-3)10-5-4-6-11(13)8-10/h4-6,8,12,14H,1,7H2,2-3H3. The van der Waals surface area contributed by atoms with E-state index in [4.69, 9.17) is 11.6 Å². The smallest absolute Gasteiger partial charge is 0.0409 e. The summed E-state index contributed by atoms with van der Waals surface area (Å²) in [4.78, 5) is 0. The fraction of sp³-hybridized carbons (Fsp3) is 0.333. The molecule has 0 spiro atoms. The van der Waals surface area contributed by atoms with Crippen molar-refractivity contribution in [1.82, 2.24) is 5.32 Å². The number of hydrogen-bond donors (Lipinski definition) is 1. The van der Waals surface area contributed by atoms with E-state index in [1.54, 1.807) is 0 Å². The third kappa shape index (κ3) is 3.17. The minimum atomic E-state index is 0.311. The van der Waals surface area contributed by atoms with Gasteiger partial charge < -0.3 is 5.32 Å². The molecule has 0 fully saturated rings. The van der Waals surface area contributed by atoms with E-state index >= 15 is 0 Å². The molecule has 0 aromatic heterocycles. The van der Waals surface area contributed by atoms with Crippen LogP contribution in [0.5, 0.6) is 0 Å². The minimum Gasteiger partial charge on any atom is -0.313 e. The quantitative estimate of drug-likeness (QED) is 0.748. The summed E-state index contributed by atoms with van der Waals surface area (Å²) in [6.45, 7) is 5.95. The molecule has 0 amide bonds. The van der Waals surface area contributed by atoms with Gasteiger partial charge in [0.25, 0.3) is 0 Å². The van der Waals surface area contributed by atoms with E-state index in [0.717, 1.165) is 11.4 Å². The molecule has 1 atom stereocenters. The Bertz CT molecular complexity index is 320. The van der Waals surface area contributed by atoms with E-state index in [2.05, 4.69) is 18.0 Å². The van der Waals surface area contributed by atoms with Crippen molar-refractivity contribution in [2.75, 3.05) is 7.05 Å². The molecule has 0 aliphatic carbocycles. The number of benzene rings is 1. The average Bonchev–Trinajstić information content (AvgIpc) is 2.14. The Morgan fingerprint density at radius 2 is 2.29 bits per heavy atom. The third-order valence-electron chi connectivity index (χ3n) is 2.15. The van der Waals surface area contributed by atoms with Crippen LogP contribution in [0, 0.1) is 0 Å². The molecule has 0 radical (unpaired) electrons. The van der Waals surface area contributed by atoms with Crippen molar-refractivity contribution < 1.29 is 0 Å². The highest BCUT2D eigenvalue weighted by Gasteiger charge is 2.08. The number of nitrogens with one attached hydrogen (secondary N) is 1. The molecular formula is C12H16ClN. The molecule has 1 unspecified atom stereocenters. The fourth-order valence-electron chi connectivity index (χ4n) is 1.46. The van der Waals surface area contributed by atoms with Crippen molar-refractivity contribution in [3.05, 3.63) is 47.0 Å². The largest absolute Gasteiger partial charge is 0.313 e. The summed E-state index contributed by atoms with van der Waals surface area (Å²) in [5.41, 5.74) is 2.38. The van der Waals surface area contributed by atoms with Crippen molar-refractivity contribution in [1.29, 1.82) is 0 Å². The lowest BCUT2D eigenvalue weighted by molar-refractivity contribution is 0.590. The van der Waals surface area contributed by atoms with Crippen molar-refractivity contribution in [3.8, 4) is 0 Å². The molecule has 14 heavy (non-hydrogen) atoms. The van der Waals surface area contributed by atoms with Gasteiger partial charge in [-0.2, -0.15) is 0 Å². The first-order chi connectivity index (χ1) is 6.63. The second kappa shape index (κ2) is 5.18.